The second-order valence-corrected chi connectivity index (χ2v) is 8.17. The fraction of sp³-hybridized carbons (Fsp3) is 0.133. The van der Waals surface area contributed by atoms with E-state index in [1.807, 2.05) is 5.38 Å². The van der Waals surface area contributed by atoms with E-state index >= 15 is 0 Å². The highest BCUT2D eigenvalue weighted by Crippen LogP contribution is 2.28. The molecule has 1 aliphatic rings. The van der Waals surface area contributed by atoms with E-state index in [1.165, 1.54) is 16.2 Å². The van der Waals surface area contributed by atoms with Crippen LogP contribution in [0.25, 0.3) is 0 Å². The first kappa shape index (κ1) is 15.3. The molecule has 114 valence electrons. The molecule has 2 heterocycles. The molecule has 2 aromatic rings. The van der Waals surface area contributed by atoms with Crippen LogP contribution >= 0.6 is 22.9 Å². The zero-order valence-electron chi connectivity index (χ0n) is 11.3. The number of halogens is 1. The Morgan fingerprint density at radius 2 is 2.09 bits per heavy atom. The quantitative estimate of drug-likeness (QED) is 0.850. The lowest BCUT2D eigenvalue weighted by Crippen LogP contribution is -2.40. The number of thiophene rings is 1. The third kappa shape index (κ3) is 3.09. The van der Waals surface area contributed by atoms with Gasteiger partial charge >= 0.3 is 0 Å². The van der Waals surface area contributed by atoms with E-state index in [0.29, 0.717) is 15.6 Å². The zero-order valence-corrected chi connectivity index (χ0v) is 13.7. The predicted octanol–water partition coefficient (Wildman–Crippen LogP) is 3.36. The number of benzene rings is 1. The number of carbonyl (C=O) groups is 1. The summed E-state index contributed by atoms with van der Waals surface area (Å²) in [6.07, 6.45) is 1.54. The molecule has 1 aliphatic heterocycles. The summed E-state index contributed by atoms with van der Waals surface area (Å²) in [5.41, 5.74) is 0.581. The van der Waals surface area contributed by atoms with Crippen molar-refractivity contribution in [1.82, 2.24) is 0 Å². The Morgan fingerprint density at radius 3 is 2.68 bits per heavy atom. The van der Waals surface area contributed by atoms with Crippen LogP contribution in [0.15, 0.2) is 53.3 Å². The first-order valence-corrected chi connectivity index (χ1v) is 9.47. The van der Waals surface area contributed by atoms with Gasteiger partial charge in [0, 0.05) is 16.1 Å². The van der Waals surface area contributed by atoms with Gasteiger partial charge in [0.25, 0.3) is 5.91 Å². The molecular weight excluding hydrogens is 342 g/mol. The summed E-state index contributed by atoms with van der Waals surface area (Å²) in [7, 11) is -3.26. The minimum Gasteiger partial charge on any atom is -0.300 e. The van der Waals surface area contributed by atoms with Gasteiger partial charge in [0.05, 0.1) is 16.7 Å². The van der Waals surface area contributed by atoms with Gasteiger partial charge in [-0.1, -0.05) is 23.7 Å². The van der Waals surface area contributed by atoms with E-state index in [0.717, 1.165) is 5.41 Å². The van der Waals surface area contributed by atoms with E-state index < -0.39 is 15.9 Å². The van der Waals surface area contributed by atoms with Gasteiger partial charge in [-0.25, -0.2) is 8.42 Å². The van der Waals surface area contributed by atoms with Crippen molar-refractivity contribution < 1.29 is 13.2 Å². The molecule has 0 spiro atoms. The Hall–Kier alpha value is -1.63. The van der Waals surface area contributed by atoms with Crippen LogP contribution in [0.2, 0.25) is 5.02 Å². The number of anilines is 1. The molecule has 22 heavy (non-hydrogen) atoms. The van der Waals surface area contributed by atoms with Crippen LogP contribution in [0.5, 0.6) is 0 Å². The summed E-state index contributed by atoms with van der Waals surface area (Å²) in [6, 6.07) is 9.83. The average Bonchev–Trinajstić information content (AvgIpc) is 3.09. The third-order valence-electron chi connectivity index (χ3n) is 3.28. The highest BCUT2D eigenvalue weighted by molar-refractivity contribution is 7.94. The summed E-state index contributed by atoms with van der Waals surface area (Å²) in [5.74, 6) is -0.347. The molecule has 1 aromatic heterocycles. The van der Waals surface area contributed by atoms with Crippen LogP contribution in [0.3, 0.4) is 0 Å². The second kappa shape index (κ2) is 5.87. The molecule has 0 bridgehead atoms. The molecule has 0 saturated carbocycles. The number of nitrogens with zero attached hydrogens (tertiary/aromatic N) is 1. The van der Waals surface area contributed by atoms with E-state index in [4.69, 9.17) is 11.6 Å². The molecule has 1 atom stereocenters. The lowest BCUT2D eigenvalue weighted by atomic mass is 10.2. The Bertz CT molecular complexity index is 828. The molecular formula is C15H12ClNO3S2. The van der Waals surface area contributed by atoms with Crippen LogP contribution in [-0.4, -0.2) is 26.1 Å². The summed E-state index contributed by atoms with van der Waals surface area (Å²) >= 11 is 7.33. The number of sulfone groups is 1. The summed E-state index contributed by atoms with van der Waals surface area (Å²) in [4.78, 5) is 14.8. The molecule has 0 aliphatic carbocycles. The van der Waals surface area contributed by atoms with Gasteiger partial charge in [-0.05, 0) is 35.7 Å². The number of amides is 1. The molecule has 0 fully saturated rings. The van der Waals surface area contributed by atoms with Crippen LogP contribution in [0.4, 0.5) is 5.69 Å². The van der Waals surface area contributed by atoms with Gasteiger partial charge < -0.3 is 0 Å². The first-order valence-electron chi connectivity index (χ1n) is 6.50. The SMILES string of the molecule is O=C(c1cccs1)N(c1cccc(Cl)c1)[C@H]1C=CS(=O)(=O)C1. The molecule has 0 N–H and O–H groups in total. The van der Waals surface area contributed by atoms with E-state index in [1.54, 1.807) is 42.5 Å². The molecule has 1 aromatic carbocycles. The minimum atomic E-state index is -3.26. The predicted molar refractivity (Wildman–Crippen MR) is 89.3 cm³/mol. The Kier molecular flexibility index (Phi) is 4.08. The summed E-state index contributed by atoms with van der Waals surface area (Å²) < 4.78 is 23.4. The monoisotopic (exact) mass is 353 g/mol. The molecule has 0 radical (unpaired) electrons. The van der Waals surface area contributed by atoms with Crippen molar-refractivity contribution >= 4 is 44.4 Å². The molecule has 7 heteroatoms. The average molecular weight is 354 g/mol. The largest absolute Gasteiger partial charge is 0.300 e. The van der Waals surface area contributed by atoms with Crippen molar-refractivity contribution in [2.45, 2.75) is 6.04 Å². The summed E-state index contributed by atoms with van der Waals surface area (Å²) in [5, 5.41) is 3.47. The van der Waals surface area contributed by atoms with Gasteiger partial charge in [0.15, 0.2) is 9.84 Å². The van der Waals surface area contributed by atoms with E-state index in [9.17, 15) is 13.2 Å². The zero-order chi connectivity index (χ0) is 15.7. The summed E-state index contributed by atoms with van der Waals surface area (Å²) in [6.45, 7) is 0. The number of hydrogen-bond donors (Lipinski definition) is 0. The molecule has 0 saturated heterocycles. The maximum absolute atomic E-state index is 12.8. The highest BCUT2D eigenvalue weighted by atomic mass is 35.5. The van der Waals surface area contributed by atoms with Crippen molar-refractivity contribution in [3.05, 3.63) is 63.2 Å². The smallest absolute Gasteiger partial charge is 0.268 e. The highest BCUT2D eigenvalue weighted by Gasteiger charge is 2.32. The molecule has 1 amide bonds. The Morgan fingerprint density at radius 1 is 1.27 bits per heavy atom. The standard InChI is InChI=1S/C15H12ClNO3S2/c16-11-3-1-4-12(9-11)17(13-6-8-22(19,20)10-13)15(18)14-5-2-7-21-14/h1-9,13H,10H2/t13-/m0/s1. The van der Waals surface area contributed by atoms with Gasteiger partial charge in [-0.2, -0.15) is 0 Å². The van der Waals surface area contributed by atoms with E-state index in [2.05, 4.69) is 0 Å². The fourth-order valence-corrected chi connectivity index (χ4v) is 4.44. The first-order chi connectivity index (χ1) is 10.5. The minimum absolute atomic E-state index is 0.114. The van der Waals surface area contributed by atoms with E-state index in [-0.39, 0.29) is 11.7 Å². The van der Waals surface area contributed by atoms with Crippen LogP contribution in [0.1, 0.15) is 9.67 Å². The molecule has 3 rings (SSSR count). The second-order valence-electron chi connectivity index (χ2n) is 4.86. The molecule has 0 unspecified atom stereocenters. The maximum atomic E-state index is 12.8. The van der Waals surface area contributed by atoms with Crippen molar-refractivity contribution in [3.63, 3.8) is 0 Å². The maximum Gasteiger partial charge on any atom is 0.268 e. The lowest BCUT2D eigenvalue weighted by molar-refractivity contribution is 0.0987. The van der Waals surface area contributed by atoms with Gasteiger partial charge in [-0.15, -0.1) is 11.3 Å². The topological polar surface area (TPSA) is 54.5 Å². The Labute approximate surface area is 137 Å². The fourth-order valence-electron chi connectivity index (χ4n) is 2.32. The molecule has 4 nitrogen and oxygen atoms in total. The third-order valence-corrected chi connectivity index (χ3v) is 5.75. The van der Waals surface area contributed by atoms with Crippen LogP contribution in [-0.2, 0) is 9.84 Å². The van der Waals surface area contributed by atoms with Crippen molar-refractivity contribution in [2.24, 2.45) is 0 Å². The van der Waals surface area contributed by atoms with Crippen LogP contribution in [0, 0.1) is 0 Å². The Balaban J connectivity index is 2.03. The number of hydrogen-bond acceptors (Lipinski definition) is 4. The van der Waals surface area contributed by atoms with Crippen molar-refractivity contribution in [3.8, 4) is 0 Å². The number of carbonyl (C=O) groups excluding carboxylic acids is 1. The normalized spacial score (nSPS) is 19.2. The van der Waals surface area contributed by atoms with Crippen LogP contribution < -0.4 is 4.90 Å². The van der Waals surface area contributed by atoms with Gasteiger partial charge in [-0.3, -0.25) is 9.69 Å². The van der Waals surface area contributed by atoms with Gasteiger partial charge in [0.2, 0.25) is 0 Å². The number of rotatable bonds is 3. The van der Waals surface area contributed by atoms with Crippen molar-refractivity contribution in [2.75, 3.05) is 10.7 Å². The lowest BCUT2D eigenvalue weighted by Gasteiger charge is -2.27. The van der Waals surface area contributed by atoms with Crippen molar-refractivity contribution in [1.29, 1.82) is 0 Å². The van der Waals surface area contributed by atoms with Gasteiger partial charge in [0.1, 0.15) is 0 Å².